The van der Waals surface area contributed by atoms with Crippen LogP contribution in [0.4, 0.5) is 16.2 Å². The number of hydrogen-bond donors (Lipinski definition) is 3. The molecule has 4 aromatic rings. The number of ether oxygens (including phenoxy) is 2. The van der Waals surface area contributed by atoms with E-state index in [1.807, 2.05) is 35.2 Å². The van der Waals surface area contributed by atoms with Crippen molar-refractivity contribution in [3.8, 4) is 23.0 Å². The van der Waals surface area contributed by atoms with E-state index in [1.165, 1.54) is 4.90 Å². The maximum Gasteiger partial charge on any atom is 0.328 e. The molecule has 0 aromatic heterocycles. The predicted molar refractivity (Wildman–Crippen MR) is 205 cm³/mol. The van der Waals surface area contributed by atoms with Crippen molar-refractivity contribution in [1.82, 2.24) is 15.1 Å². The number of aromatic hydroxyl groups is 2. The first-order chi connectivity index (χ1) is 26.1. The average Bonchev–Trinajstić information content (AvgIpc) is 3.45. The number of anilines is 1. The van der Waals surface area contributed by atoms with E-state index in [-0.39, 0.29) is 36.3 Å². The Kier molecular flexibility index (Phi) is 10.8. The fourth-order valence-electron chi connectivity index (χ4n) is 7.35. The third-order valence-electron chi connectivity index (χ3n) is 10.4. The lowest BCUT2D eigenvalue weighted by molar-refractivity contribution is -0.135. The molecule has 2 fully saturated rings. The van der Waals surface area contributed by atoms with E-state index >= 15 is 0 Å². The number of fused-ring (bicyclic) bond motifs is 1. The first-order valence-electron chi connectivity index (χ1n) is 18.4. The summed E-state index contributed by atoms with van der Waals surface area (Å²) in [7, 11) is 0. The summed E-state index contributed by atoms with van der Waals surface area (Å²) in [6.45, 7) is 6.91. The van der Waals surface area contributed by atoms with Crippen molar-refractivity contribution in [2.75, 3.05) is 57.4 Å². The van der Waals surface area contributed by atoms with Crippen LogP contribution in [-0.2, 0) is 21.4 Å². The van der Waals surface area contributed by atoms with Gasteiger partial charge in [0.15, 0.2) is 6.61 Å². The number of phenolic OH excluding ortho intramolecular Hbond substituents is 2. The summed E-state index contributed by atoms with van der Waals surface area (Å²) in [6, 6.07) is 27.1. The third kappa shape index (κ3) is 8.34. The Bertz CT molecular complexity index is 2010. The van der Waals surface area contributed by atoms with Crippen LogP contribution in [0.5, 0.6) is 23.0 Å². The van der Waals surface area contributed by atoms with Gasteiger partial charge in [0.1, 0.15) is 23.0 Å². The number of nitrogens with zero attached hydrogens (tertiary/aromatic N) is 4. The predicted octanol–water partition coefficient (Wildman–Crippen LogP) is 5.56. The number of carbonyl (C=O) groups is 3. The van der Waals surface area contributed by atoms with Crippen molar-refractivity contribution in [2.45, 2.75) is 38.0 Å². The second-order valence-electron chi connectivity index (χ2n) is 14.2. The highest BCUT2D eigenvalue weighted by molar-refractivity contribution is 6.13. The van der Waals surface area contributed by atoms with Gasteiger partial charge in [-0.15, -0.1) is 0 Å². The molecule has 0 bridgehead atoms. The maximum absolute atomic E-state index is 12.8. The molecule has 1 atom stereocenters. The number of rotatable bonds is 13. The SMILES string of the molecule is CC1(Cc2ccc(OCCCCN3CCN(C(=O)COc4ccc(N5CCC(=O)NC5=O)cc4)CC3)cc2)C(c2ccc(O)cc2)=Nc2ccc(O)cc21. The second-order valence-corrected chi connectivity index (χ2v) is 14.2. The van der Waals surface area contributed by atoms with Crippen molar-refractivity contribution >= 4 is 34.9 Å². The Morgan fingerprint density at radius 3 is 2.22 bits per heavy atom. The number of benzene rings is 4. The molecule has 0 spiro atoms. The lowest BCUT2D eigenvalue weighted by atomic mass is 9.73. The molecule has 0 radical (unpaired) electrons. The van der Waals surface area contributed by atoms with Crippen LogP contribution in [0.2, 0.25) is 0 Å². The molecule has 3 heterocycles. The van der Waals surface area contributed by atoms with Gasteiger partial charge in [0.05, 0.1) is 18.0 Å². The Balaban J connectivity index is 0.811. The number of piperazine rings is 1. The van der Waals surface area contributed by atoms with Crippen LogP contribution in [0.3, 0.4) is 0 Å². The summed E-state index contributed by atoms with van der Waals surface area (Å²) in [6.07, 6.45) is 2.84. The summed E-state index contributed by atoms with van der Waals surface area (Å²) >= 11 is 0. The highest BCUT2D eigenvalue weighted by Gasteiger charge is 2.40. The van der Waals surface area contributed by atoms with Crippen LogP contribution >= 0.6 is 0 Å². The molecule has 3 aliphatic heterocycles. The van der Waals surface area contributed by atoms with E-state index in [1.54, 1.807) is 48.5 Å². The molecule has 7 rings (SSSR count). The lowest BCUT2D eigenvalue weighted by Gasteiger charge is -2.34. The average molecular weight is 732 g/mol. The molecule has 280 valence electrons. The Morgan fingerprint density at radius 2 is 1.50 bits per heavy atom. The molecular weight excluding hydrogens is 686 g/mol. The van der Waals surface area contributed by atoms with Crippen molar-refractivity contribution in [2.24, 2.45) is 4.99 Å². The minimum Gasteiger partial charge on any atom is -0.508 e. The summed E-state index contributed by atoms with van der Waals surface area (Å²) in [5, 5.41) is 22.5. The van der Waals surface area contributed by atoms with E-state index in [0.717, 1.165) is 66.3 Å². The molecule has 12 heteroatoms. The summed E-state index contributed by atoms with van der Waals surface area (Å²) < 4.78 is 11.8. The topological polar surface area (TPSA) is 144 Å². The van der Waals surface area contributed by atoms with Gasteiger partial charge in [0, 0.05) is 50.2 Å². The minimum atomic E-state index is -0.478. The number of unbranched alkanes of at least 4 members (excludes halogenated alkanes) is 1. The van der Waals surface area contributed by atoms with Crippen molar-refractivity contribution < 1.29 is 34.1 Å². The largest absolute Gasteiger partial charge is 0.508 e. The third-order valence-corrected chi connectivity index (χ3v) is 10.4. The Hall–Kier alpha value is -5.88. The first kappa shape index (κ1) is 36.5. The number of urea groups is 1. The quantitative estimate of drug-likeness (QED) is 0.152. The van der Waals surface area contributed by atoms with Crippen molar-refractivity contribution in [3.63, 3.8) is 0 Å². The lowest BCUT2D eigenvalue weighted by Crippen LogP contribution is -2.50. The van der Waals surface area contributed by atoms with Gasteiger partial charge in [0.2, 0.25) is 5.91 Å². The number of aliphatic imine (C=N–C) groups is 1. The highest BCUT2D eigenvalue weighted by Crippen LogP contribution is 2.46. The second kappa shape index (κ2) is 16.0. The van der Waals surface area contributed by atoms with Gasteiger partial charge in [-0.3, -0.25) is 29.7 Å². The maximum atomic E-state index is 12.8. The van der Waals surface area contributed by atoms with Crippen LogP contribution in [0.1, 0.15) is 42.9 Å². The zero-order valence-electron chi connectivity index (χ0n) is 30.4. The molecule has 0 aliphatic carbocycles. The Morgan fingerprint density at radius 1 is 0.815 bits per heavy atom. The van der Waals surface area contributed by atoms with Crippen LogP contribution in [0.15, 0.2) is 96.0 Å². The van der Waals surface area contributed by atoms with Gasteiger partial charge in [-0.25, -0.2) is 4.79 Å². The smallest absolute Gasteiger partial charge is 0.328 e. The van der Waals surface area contributed by atoms with Crippen molar-refractivity contribution in [1.29, 1.82) is 0 Å². The van der Waals surface area contributed by atoms with E-state index in [0.29, 0.717) is 44.1 Å². The zero-order valence-corrected chi connectivity index (χ0v) is 30.4. The molecular formula is C42H45N5O7. The van der Waals surface area contributed by atoms with Gasteiger partial charge in [-0.1, -0.05) is 12.1 Å². The normalized spacial score (nSPS) is 18.6. The van der Waals surface area contributed by atoms with Gasteiger partial charge in [-0.05, 0) is 128 Å². The van der Waals surface area contributed by atoms with Gasteiger partial charge < -0.3 is 24.6 Å². The standard InChI is InChI=1S/C42H45N5O7/c1-42(36-26-33(49)12-17-37(36)43-40(42)30-6-10-32(48)11-7-30)27-29-4-13-34(14-5-29)53-25-3-2-19-45-21-23-46(24-22-45)39(51)28-54-35-15-8-31(9-16-35)47-20-18-38(50)44-41(47)52/h4-17,26,48-49H,2-3,18-25,27-28H2,1H3,(H,44,50,52). The van der Waals surface area contributed by atoms with Crippen LogP contribution in [0.25, 0.3) is 0 Å². The van der Waals surface area contributed by atoms with Crippen molar-refractivity contribution in [3.05, 3.63) is 108 Å². The minimum absolute atomic E-state index is 0.0523. The first-order valence-corrected chi connectivity index (χ1v) is 18.4. The van der Waals surface area contributed by atoms with E-state index in [9.17, 15) is 24.6 Å². The summed E-state index contributed by atoms with van der Waals surface area (Å²) in [5.41, 5.74) is 4.94. The summed E-state index contributed by atoms with van der Waals surface area (Å²) in [4.78, 5) is 47.0. The molecule has 4 aromatic carbocycles. The molecule has 3 N–H and O–H groups in total. The summed E-state index contributed by atoms with van der Waals surface area (Å²) in [5.74, 6) is 1.44. The molecule has 0 saturated carbocycles. The van der Waals surface area contributed by atoms with E-state index in [2.05, 4.69) is 29.3 Å². The van der Waals surface area contributed by atoms with Gasteiger partial charge in [0.25, 0.3) is 5.91 Å². The number of phenols is 2. The molecule has 1 unspecified atom stereocenters. The number of carbonyl (C=O) groups excluding carboxylic acids is 3. The molecule has 12 nitrogen and oxygen atoms in total. The Labute approximate surface area is 314 Å². The van der Waals surface area contributed by atoms with E-state index < -0.39 is 11.4 Å². The fraction of sp³-hybridized carbons (Fsp3) is 0.333. The zero-order chi connectivity index (χ0) is 37.7. The van der Waals surface area contributed by atoms with Gasteiger partial charge in [-0.2, -0.15) is 0 Å². The van der Waals surface area contributed by atoms with Crippen LogP contribution < -0.4 is 19.7 Å². The number of nitrogens with one attached hydrogen (secondary N) is 1. The number of amides is 4. The monoisotopic (exact) mass is 731 g/mol. The molecule has 4 amide bonds. The molecule has 54 heavy (non-hydrogen) atoms. The number of imide groups is 1. The van der Waals surface area contributed by atoms with Crippen LogP contribution in [-0.4, -0.2) is 96.1 Å². The van der Waals surface area contributed by atoms with Crippen LogP contribution in [0, 0.1) is 0 Å². The fourth-order valence-corrected chi connectivity index (χ4v) is 7.35. The highest BCUT2D eigenvalue weighted by atomic mass is 16.5. The van der Waals surface area contributed by atoms with E-state index in [4.69, 9.17) is 14.5 Å². The molecule has 3 aliphatic rings. The van der Waals surface area contributed by atoms with Gasteiger partial charge >= 0.3 is 6.03 Å². The molecule has 2 saturated heterocycles. The number of hydrogen-bond acceptors (Lipinski definition) is 9.